The number of hydrogen-bond acceptors (Lipinski definition) is 6. The molecule has 0 aliphatic carbocycles. The predicted molar refractivity (Wildman–Crippen MR) is 227 cm³/mol. The van der Waals surface area contributed by atoms with Crippen LogP contribution in [0.1, 0.15) is 17.0 Å². The molecule has 8 heteroatoms. The molecule has 5 heterocycles. The van der Waals surface area contributed by atoms with Crippen LogP contribution in [0.5, 0.6) is 23.0 Å². The van der Waals surface area contributed by atoms with Crippen LogP contribution >= 0.6 is 0 Å². The van der Waals surface area contributed by atoms with Crippen LogP contribution in [0.3, 0.4) is 0 Å². The largest absolute Gasteiger partial charge is 0.496 e. The van der Waals surface area contributed by atoms with Crippen molar-refractivity contribution in [1.29, 1.82) is 0 Å². The SMILES string of the molecule is COc1ccccc1-c1c2cc(c(-c3ccccc3OC)c3ccc([nH]3)c(-c3ccccc3OC)c3nc(c(-c4ccccc4OC)c4ccc1[nH]4)C=C3)N=C2. The van der Waals surface area contributed by atoms with Crippen LogP contribution in [-0.2, 0) is 0 Å². The number of aromatic amines is 2. The first kappa shape index (κ1) is 34.4. The van der Waals surface area contributed by atoms with Gasteiger partial charge in [0.05, 0.1) is 45.5 Å². The van der Waals surface area contributed by atoms with Gasteiger partial charge in [-0.3, -0.25) is 4.99 Å². The molecule has 2 aliphatic rings. The number of H-pyrrole nitrogens is 2. The van der Waals surface area contributed by atoms with Crippen molar-refractivity contribution >= 4 is 46.1 Å². The van der Waals surface area contributed by atoms with Crippen molar-refractivity contribution in [3.63, 3.8) is 0 Å². The van der Waals surface area contributed by atoms with Crippen molar-refractivity contribution in [1.82, 2.24) is 15.0 Å². The first-order valence-corrected chi connectivity index (χ1v) is 18.3. The van der Waals surface area contributed by atoms with Crippen molar-refractivity contribution in [3.8, 4) is 67.5 Å². The zero-order chi connectivity index (χ0) is 38.2. The number of aliphatic imine (C=N–C) groups is 1. The normalized spacial score (nSPS) is 11.8. The summed E-state index contributed by atoms with van der Waals surface area (Å²) in [6.07, 6.45) is 6.06. The van der Waals surface area contributed by atoms with Gasteiger partial charge in [0.25, 0.3) is 0 Å². The third-order valence-electron chi connectivity index (χ3n) is 10.3. The average Bonchev–Trinajstić information content (AvgIpc) is 4.10. The highest BCUT2D eigenvalue weighted by Crippen LogP contribution is 2.45. The van der Waals surface area contributed by atoms with Crippen molar-refractivity contribution in [2.75, 3.05) is 28.4 Å². The van der Waals surface area contributed by atoms with Crippen LogP contribution in [0.4, 0.5) is 5.69 Å². The number of rotatable bonds is 8. The van der Waals surface area contributed by atoms with Gasteiger partial charge in [0, 0.05) is 78.4 Å². The number of fused-ring (bicyclic) bond motifs is 8. The van der Waals surface area contributed by atoms with Crippen molar-refractivity contribution in [2.45, 2.75) is 0 Å². The predicted octanol–water partition coefficient (Wildman–Crippen LogP) is 11.5. The van der Waals surface area contributed by atoms with Gasteiger partial charge in [-0.1, -0.05) is 72.8 Å². The Morgan fingerprint density at radius 3 is 1.20 bits per heavy atom. The van der Waals surface area contributed by atoms with Gasteiger partial charge in [-0.2, -0.15) is 0 Å². The lowest BCUT2D eigenvalue weighted by molar-refractivity contribution is 0.416. The second-order valence-corrected chi connectivity index (χ2v) is 13.3. The van der Waals surface area contributed by atoms with Crippen molar-refractivity contribution in [2.24, 2.45) is 4.99 Å². The number of aromatic nitrogens is 3. The van der Waals surface area contributed by atoms with E-state index in [-0.39, 0.29) is 0 Å². The minimum Gasteiger partial charge on any atom is -0.496 e. The van der Waals surface area contributed by atoms with Gasteiger partial charge >= 0.3 is 0 Å². The molecular formula is C48H38N4O4. The van der Waals surface area contributed by atoms with Gasteiger partial charge in [-0.05, 0) is 66.7 Å². The molecular weight excluding hydrogens is 697 g/mol. The topological polar surface area (TPSA) is 93.8 Å². The van der Waals surface area contributed by atoms with Crippen LogP contribution in [0, 0.1) is 0 Å². The Hall–Kier alpha value is -7.32. The molecule has 0 amide bonds. The van der Waals surface area contributed by atoms with E-state index in [0.29, 0.717) is 0 Å². The smallest absolute Gasteiger partial charge is 0.126 e. The van der Waals surface area contributed by atoms with E-state index in [1.165, 1.54) is 0 Å². The Labute approximate surface area is 324 Å². The highest BCUT2D eigenvalue weighted by Gasteiger charge is 2.22. The summed E-state index contributed by atoms with van der Waals surface area (Å²) in [5, 5.41) is 0. The lowest BCUT2D eigenvalue weighted by atomic mass is 9.99. The van der Waals surface area contributed by atoms with Gasteiger partial charge in [0.1, 0.15) is 23.0 Å². The van der Waals surface area contributed by atoms with Gasteiger partial charge in [0.15, 0.2) is 0 Å². The maximum Gasteiger partial charge on any atom is 0.126 e. The maximum absolute atomic E-state index is 5.95. The third-order valence-corrected chi connectivity index (χ3v) is 10.3. The van der Waals surface area contributed by atoms with Gasteiger partial charge in [0.2, 0.25) is 0 Å². The first-order valence-electron chi connectivity index (χ1n) is 18.3. The number of methoxy groups -OCH3 is 4. The van der Waals surface area contributed by atoms with Gasteiger partial charge in [-0.25, -0.2) is 4.98 Å². The van der Waals surface area contributed by atoms with Gasteiger partial charge < -0.3 is 28.9 Å². The lowest BCUT2D eigenvalue weighted by Gasteiger charge is -2.11. The Morgan fingerprint density at radius 1 is 0.411 bits per heavy atom. The molecule has 0 saturated carbocycles. The summed E-state index contributed by atoms with van der Waals surface area (Å²) in [5.41, 5.74) is 14.0. The second-order valence-electron chi connectivity index (χ2n) is 13.3. The summed E-state index contributed by atoms with van der Waals surface area (Å²) in [6.45, 7) is 0. The molecule has 8 nitrogen and oxygen atoms in total. The lowest BCUT2D eigenvalue weighted by Crippen LogP contribution is -1.93. The van der Waals surface area contributed by atoms with E-state index < -0.39 is 0 Å². The molecule has 56 heavy (non-hydrogen) atoms. The van der Waals surface area contributed by atoms with E-state index in [9.17, 15) is 0 Å². The molecule has 3 aromatic heterocycles. The quantitative estimate of drug-likeness (QED) is 0.162. The summed E-state index contributed by atoms with van der Waals surface area (Å²) < 4.78 is 23.8. The van der Waals surface area contributed by atoms with E-state index in [1.54, 1.807) is 28.4 Å². The van der Waals surface area contributed by atoms with Gasteiger partial charge in [-0.15, -0.1) is 0 Å². The number of ether oxygens (including phenoxy) is 4. The molecule has 2 aliphatic heterocycles. The highest BCUT2D eigenvalue weighted by molar-refractivity contribution is 6.06. The standard InChI is InChI=1S/C48H38N4O4/c1-53-41-17-9-5-13-30(41)45-29-27-40(49-28-29)48(33-16-8-12-20-44(33)56-4)39-26-25-38(52-39)47(32-15-7-11-19-43(32)55-3)37-24-23-36(51-37)46(35-22-21-34(45)50-35)31-14-6-10-18-42(31)54-2/h5-28,50,52H,1-4H3. The molecule has 8 bridgehead atoms. The summed E-state index contributed by atoms with van der Waals surface area (Å²) in [7, 11) is 6.78. The maximum atomic E-state index is 5.95. The molecule has 0 fully saturated rings. The van der Waals surface area contributed by atoms with E-state index in [0.717, 1.165) is 112 Å². The number of nitrogens with one attached hydrogen (secondary N) is 2. The molecule has 274 valence electrons. The van der Waals surface area contributed by atoms with Crippen LogP contribution < -0.4 is 18.9 Å². The summed E-state index contributed by atoms with van der Waals surface area (Å²) in [5.74, 6) is 2.95. The number of para-hydroxylation sites is 4. The monoisotopic (exact) mass is 734 g/mol. The molecule has 0 atom stereocenters. The van der Waals surface area contributed by atoms with E-state index in [4.69, 9.17) is 28.9 Å². The van der Waals surface area contributed by atoms with Crippen LogP contribution in [0.2, 0.25) is 0 Å². The van der Waals surface area contributed by atoms with E-state index >= 15 is 0 Å². The number of nitrogens with zero attached hydrogens (tertiary/aromatic N) is 2. The molecule has 0 radical (unpaired) electrons. The minimum absolute atomic E-state index is 0.733. The summed E-state index contributed by atoms with van der Waals surface area (Å²) in [6, 6.07) is 42.7. The minimum atomic E-state index is 0.733. The molecule has 7 aromatic rings. The Morgan fingerprint density at radius 2 is 0.768 bits per heavy atom. The Balaban J connectivity index is 1.51. The molecule has 4 aromatic carbocycles. The van der Waals surface area contributed by atoms with E-state index in [2.05, 4.69) is 76.7 Å². The van der Waals surface area contributed by atoms with Crippen molar-refractivity contribution < 1.29 is 18.9 Å². The fourth-order valence-corrected chi connectivity index (χ4v) is 7.77. The fraction of sp³-hybridized carbons (Fsp3) is 0.0833. The van der Waals surface area contributed by atoms with Crippen LogP contribution in [-0.4, -0.2) is 49.6 Å². The Bertz CT molecular complexity index is 2500. The number of hydrogen-bond donors (Lipinski definition) is 2. The second kappa shape index (κ2) is 14.5. The summed E-state index contributed by atoms with van der Waals surface area (Å²) >= 11 is 0. The molecule has 9 rings (SSSR count). The first-order chi connectivity index (χ1) is 27.6. The fourth-order valence-electron chi connectivity index (χ4n) is 7.77. The molecule has 2 N–H and O–H groups in total. The zero-order valence-corrected chi connectivity index (χ0v) is 31.4. The average molecular weight is 735 g/mol. The van der Waals surface area contributed by atoms with Crippen LogP contribution in [0.15, 0.2) is 132 Å². The van der Waals surface area contributed by atoms with E-state index in [1.807, 2.05) is 79.0 Å². The molecule has 0 saturated heterocycles. The van der Waals surface area contributed by atoms with Crippen LogP contribution in [0.25, 0.3) is 78.7 Å². The molecule has 0 unspecified atom stereocenters. The van der Waals surface area contributed by atoms with Crippen molar-refractivity contribution in [3.05, 3.63) is 144 Å². The highest BCUT2D eigenvalue weighted by atomic mass is 16.5. The number of benzene rings is 4. The third kappa shape index (κ3) is 5.88. The Kier molecular flexibility index (Phi) is 8.91. The zero-order valence-electron chi connectivity index (χ0n) is 31.4. The molecule has 0 spiro atoms. The summed E-state index contributed by atoms with van der Waals surface area (Å²) in [4.78, 5) is 18.1.